The first kappa shape index (κ1) is 20.5. The molecule has 1 aliphatic carbocycles. The second kappa shape index (κ2) is 7.32. The predicted octanol–water partition coefficient (Wildman–Crippen LogP) is 3.50. The van der Waals surface area contributed by atoms with Gasteiger partial charge in [-0.25, -0.2) is 9.97 Å². The van der Waals surface area contributed by atoms with Crippen molar-refractivity contribution in [3.05, 3.63) is 30.6 Å². The van der Waals surface area contributed by atoms with Crippen molar-refractivity contribution in [1.29, 1.82) is 0 Å². The first-order chi connectivity index (χ1) is 15.3. The van der Waals surface area contributed by atoms with Crippen molar-refractivity contribution >= 4 is 16.9 Å². The van der Waals surface area contributed by atoms with Gasteiger partial charge in [-0.15, -0.1) is 0 Å². The second-order valence-electron chi connectivity index (χ2n) is 8.29. The number of methoxy groups -OCH3 is 1. The molecule has 0 bridgehead atoms. The Morgan fingerprint density at radius 3 is 2.75 bits per heavy atom. The highest BCUT2D eigenvalue weighted by molar-refractivity contribution is 5.88. The number of amides is 1. The smallest absolute Gasteiger partial charge is 0.320 e. The number of phenols is 1. The quantitative estimate of drug-likeness (QED) is 0.604. The molecule has 1 aromatic carbocycles. The Balaban J connectivity index is 1.57. The summed E-state index contributed by atoms with van der Waals surface area (Å²) in [5, 5.41) is 13.0. The average Bonchev–Trinajstić information content (AvgIpc) is 3.33. The largest absolute Gasteiger partial charge is 0.504 e. The molecule has 1 saturated heterocycles. The Labute approximate surface area is 182 Å². The number of fused-ring (bicyclic) bond motifs is 1. The van der Waals surface area contributed by atoms with Crippen LogP contribution in [0, 0.1) is 11.3 Å². The number of aromatic nitrogens is 3. The highest BCUT2D eigenvalue weighted by Crippen LogP contribution is 2.56. The third kappa shape index (κ3) is 3.12. The maximum atomic E-state index is 13.6. The van der Waals surface area contributed by atoms with Crippen molar-refractivity contribution in [2.75, 3.05) is 13.7 Å². The van der Waals surface area contributed by atoms with Gasteiger partial charge in [-0.1, -0.05) is 0 Å². The molecule has 2 aliphatic rings. The van der Waals surface area contributed by atoms with E-state index in [-0.39, 0.29) is 34.5 Å². The van der Waals surface area contributed by atoms with Gasteiger partial charge in [0.25, 0.3) is 0 Å². The van der Waals surface area contributed by atoms with Crippen LogP contribution in [0.2, 0.25) is 0 Å². The van der Waals surface area contributed by atoms with Crippen molar-refractivity contribution < 1.29 is 28.2 Å². The number of hydrogen-bond acceptors (Lipinski definition) is 6. The van der Waals surface area contributed by atoms with Gasteiger partial charge in [0.1, 0.15) is 17.9 Å². The number of halogens is 2. The predicted molar refractivity (Wildman–Crippen MR) is 111 cm³/mol. The van der Waals surface area contributed by atoms with Gasteiger partial charge in [-0.3, -0.25) is 9.36 Å². The number of rotatable bonds is 6. The van der Waals surface area contributed by atoms with Crippen LogP contribution in [-0.2, 0) is 4.79 Å². The van der Waals surface area contributed by atoms with E-state index in [0.29, 0.717) is 28.1 Å². The van der Waals surface area contributed by atoms with Crippen molar-refractivity contribution in [3.63, 3.8) is 0 Å². The monoisotopic (exact) mass is 444 g/mol. The molecule has 8 nitrogen and oxygen atoms in total. The van der Waals surface area contributed by atoms with Crippen LogP contribution in [0.3, 0.4) is 0 Å². The third-order valence-electron chi connectivity index (χ3n) is 6.50. The molecule has 2 atom stereocenters. The van der Waals surface area contributed by atoms with E-state index >= 15 is 0 Å². The van der Waals surface area contributed by atoms with Crippen molar-refractivity contribution in [3.8, 4) is 28.6 Å². The molecule has 1 saturated carbocycles. The van der Waals surface area contributed by atoms with Gasteiger partial charge in [-0.2, -0.15) is 8.78 Å². The van der Waals surface area contributed by atoms with Crippen LogP contribution in [0.25, 0.3) is 22.3 Å². The van der Waals surface area contributed by atoms with Crippen LogP contribution in [-0.4, -0.2) is 45.3 Å². The number of phenolic OH excluding ortho intramolecular Hbond substituents is 1. The number of nitrogens with zero attached hydrogens (tertiary/aromatic N) is 3. The zero-order chi connectivity index (χ0) is 22.6. The summed E-state index contributed by atoms with van der Waals surface area (Å²) in [6.07, 6.45) is 2.19. The lowest BCUT2D eigenvalue weighted by atomic mass is 9.88. The lowest BCUT2D eigenvalue weighted by Gasteiger charge is -2.24. The zero-order valence-corrected chi connectivity index (χ0v) is 17.5. The Hall–Kier alpha value is -3.43. The number of aromatic hydroxyl groups is 1. The summed E-state index contributed by atoms with van der Waals surface area (Å²) in [6, 6.07) is 6.33. The van der Waals surface area contributed by atoms with Gasteiger partial charge in [0, 0.05) is 18.0 Å². The number of benzene rings is 1. The molecule has 10 heteroatoms. The minimum Gasteiger partial charge on any atom is -0.504 e. The molecular formula is C22H22F2N4O4. The summed E-state index contributed by atoms with van der Waals surface area (Å²) >= 11 is 0. The SMILES string of the molecule is COc1ccc(-c2cc3ncn(C(F)F)c3c(O[C@H](C)[C@H]3CNC(=O)C34CC4)n2)cc1O. The summed E-state index contributed by atoms with van der Waals surface area (Å²) in [5.41, 5.74) is 0.885. The van der Waals surface area contributed by atoms with Crippen LogP contribution in [0.5, 0.6) is 17.4 Å². The average molecular weight is 444 g/mol. The standard InChI is InChI=1S/C22H22F2N4O4/c1-11(13-9-25-20(30)22(13)5-6-22)32-19-18-15(26-10-28(18)21(23)24)8-14(27-19)12-3-4-17(31-2)16(29)7-12/h3-4,7-8,10-11,13,21,29H,5-6,9H2,1-2H3,(H,25,30)/t11-,13-/m1/s1. The number of alkyl halides is 2. The molecule has 168 valence electrons. The van der Waals surface area contributed by atoms with Crippen LogP contribution in [0.15, 0.2) is 30.6 Å². The van der Waals surface area contributed by atoms with E-state index in [9.17, 15) is 18.7 Å². The third-order valence-corrected chi connectivity index (χ3v) is 6.50. The van der Waals surface area contributed by atoms with E-state index in [4.69, 9.17) is 9.47 Å². The van der Waals surface area contributed by atoms with Crippen LogP contribution in [0.1, 0.15) is 26.3 Å². The summed E-state index contributed by atoms with van der Waals surface area (Å²) in [7, 11) is 1.44. The maximum absolute atomic E-state index is 13.6. The molecule has 3 aromatic rings. The Morgan fingerprint density at radius 1 is 1.31 bits per heavy atom. The van der Waals surface area contributed by atoms with Gasteiger partial charge in [0.05, 0.1) is 23.7 Å². The Morgan fingerprint density at radius 2 is 2.09 bits per heavy atom. The van der Waals surface area contributed by atoms with E-state index in [1.54, 1.807) is 18.2 Å². The van der Waals surface area contributed by atoms with Crippen LogP contribution >= 0.6 is 0 Å². The maximum Gasteiger partial charge on any atom is 0.320 e. The lowest BCUT2D eigenvalue weighted by molar-refractivity contribution is -0.124. The first-order valence-electron chi connectivity index (χ1n) is 10.3. The Bertz CT molecular complexity index is 1210. The van der Waals surface area contributed by atoms with E-state index in [0.717, 1.165) is 19.2 Å². The summed E-state index contributed by atoms with van der Waals surface area (Å²) in [5.74, 6) is 0.176. The molecule has 5 rings (SSSR count). The van der Waals surface area contributed by atoms with Gasteiger partial charge in [0.2, 0.25) is 11.8 Å². The van der Waals surface area contributed by atoms with Crippen LogP contribution < -0.4 is 14.8 Å². The summed E-state index contributed by atoms with van der Waals surface area (Å²) in [6.45, 7) is -0.517. The zero-order valence-electron chi connectivity index (χ0n) is 17.5. The highest BCUT2D eigenvalue weighted by Gasteiger charge is 2.61. The number of pyridine rings is 1. The van der Waals surface area contributed by atoms with E-state index in [2.05, 4.69) is 15.3 Å². The Kier molecular flexibility index (Phi) is 4.68. The van der Waals surface area contributed by atoms with Crippen molar-refractivity contribution in [1.82, 2.24) is 19.9 Å². The fourth-order valence-corrected chi connectivity index (χ4v) is 4.60. The van der Waals surface area contributed by atoms with Gasteiger partial charge in [0.15, 0.2) is 11.5 Å². The van der Waals surface area contributed by atoms with Crippen molar-refractivity contribution in [2.45, 2.75) is 32.4 Å². The van der Waals surface area contributed by atoms with E-state index in [1.807, 2.05) is 6.92 Å². The molecule has 3 heterocycles. The summed E-state index contributed by atoms with van der Waals surface area (Å²) < 4.78 is 39.2. The topological polar surface area (TPSA) is 98.5 Å². The number of nitrogens with one attached hydrogen (secondary N) is 1. The van der Waals surface area contributed by atoms with E-state index < -0.39 is 18.1 Å². The van der Waals surface area contributed by atoms with Gasteiger partial charge in [-0.05, 0) is 44.0 Å². The molecule has 0 unspecified atom stereocenters. The fraction of sp³-hybridized carbons (Fsp3) is 0.409. The molecule has 1 aliphatic heterocycles. The normalized spacial score (nSPS) is 20.0. The number of ether oxygens (including phenoxy) is 2. The van der Waals surface area contributed by atoms with Crippen LogP contribution in [0.4, 0.5) is 8.78 Å². The number of hydrogen-bond donors (Lipinski definition) is 2. The molecule has 2 fully saturated rings. The molecular weight excluding hydrogens is 422 g/mol. The number of carbonyl (C=O) groups is 1. The molecule has 32 heavy (non-hydrogen) atoms. The molecule has 1 amide bonds. The van der Waals surface area contributed by atoms with Gasteiger partial charge < -0.3 is 19.9 Å². The highest BCUT2D eigenvalue weighted by atomic mass is 19.3. The van der Waals surface area contributed by atoms with Crippen molar-refractivity contribution in [2.24, 2.45) is 11.3 Å². The second-order valence-corrected chi connectivity index (χ2v) is 8.29. The first-order valence-corrected chi connectivity index (χ1v) is 10.3. The summed E-state index contributed by atoms with van der Waals surface area (Å²) in [4.78, 5) is 20.9. The molecule has 1 spiro atoms. The lowest BCUT2D eigenvalue weighted by Crippen LogP contribution is -2.32. The number of carbonyl (C=O) groups excluding carboxylic acids is 1. The minimum absolute atomic E-state index is 0.00765. The molecule has 2 aromatic heterocycles. The molecule has 0 radical (unpaired) electrons. The van der Waals surface area contributed by atoms with E-state index in [1.165, 1.54) is 13.2 Å². The minimum atomic E-state index is -2.82. The van der Waals surface area contributed by atoms with Gasteiger partial charge >= 0.3 is 6.55 Å². The fourth-order valence-electron chi connectivity index (χ4n) is 4.60. The molecule has 2 N–H and O–H groups in total. The number of imidazole rings is 1.